The third-order valence-corrected chi connectivity index (χ3v) is 4.38. The molecule has 3 rings (SSSR count). The zero-order valence-electron chi connectivity index (χ0n) is 10.2. The van der Waals surface area contributed by atoms with E-state index in [4.69, 9.17) is 4.74 Å². The number of carbonyl (C=O) groups is 1. The van der Waals surface area contributed by atoms with Crippen molar-refractivity contribution in [2.45, 2.75) is 33.1 Å². The maximum Gasteiger partial charge on any atom is 0.330 e. The molecule has 3 aliphatic carbocycles. The van der Waals surface area contributed by atoms with Gasteiger partial charge in [-0.15, -0.1) is 0 Å². The first kappa shape index (κ1) is 11.4. The summed E-state index contributed by atoms with van der Waals surface area (Å²) in [5.74, 6) is 1.27. The van der Waals surface area contributed by atoms with Crippen LogP contribution in [0.4, 0.5) is 0 Å². The monoisotopic (exact) mass is 220 g/mol. The molecule has 2 atom stereocenters. The van der Waals surface area contributed by atoms with Crippen LogP contribution in [0.15, 0.2) is 24.3 Å². The van der Waals surface area contributed by atoms with Gasteiger partial charge in [-0.3, -0.25) is 0 Å². The Labute approximate surface area is 97.4 Å². The van der Waals surface area contributed by atoms with E-state index in [0.717, 1.165) is 12.3 Å². The lowest BCUT2D eigenvalue weighted by Crippen LogP contribution is -2.48. The predicted octanol–water partition coefficient (Wildman–Crippen LogP) is 3.10. The van der Waals surface area contributed by atoms with Gasteiger partial charge in [-0.2, -0.15) is 0 Å². The van der Waals surface area contributed by atoms with Crippen molar-refractivity contribution in [1.29, 1.82) is 0 Å². The molecule has 0 aromatic heterocycles. The third kappa shape index (κ3) is 1.81. The summed E-state index contributed by atoms with van der Waals surface area (Å²) in [6.45, 7) is 8.59. The number of carbonyl (C=O) groups excluding carboxylic acids is 1. The van der Waals surface area contributed by atoms with Gasteiger partial charge >= 0.3 is 5.97 Å². The lowest BCUT2D eigenvalue weighted by Gasteiger charge is -2.56. The molecule has 2 nitrogen and oxygen atoms in total. The van der Waals surface area contributed by atoms with Crippen molar-refractivity contribution in [3.8, 4) is 0 Å². The first-order chi connectivity index (χ1) is 7.55. The molecule has 1 saturated carbocycles. The van der Waals surface area contributed by atoms with Crippen molar-refractivity contribution in [2.75, 3.05) is 6.61 Å². The van der Waals surface area contributed by atoms with Gasteiger partial charge in [0.05, 0.1) is 6.61 Å². The third-order valence-electron chi connectivity index (χ3n) is 4.38. The first-order valence-electron chi connectivity index (χ1n) is 6.04. The summed E-state index contributed by atoms with van der Waals surface area (Å²) in [6.07, 6.45) is 6.99. The van der Waals surface area contributed by atoms with Gasteiger partial charge in [0.25, 0.3) is 0 Å². The highest BCUT2D eigenvalue weighted by atomic mass is 16.5. The molecule has 0 unspecified atom stereocenters. The van der Waals surface area contributed by atoms with Crippen LogP contribution in [0, 0.1) is 17.3 Å². The molecule has 0 radical (unpaired) electrons. The van der Waals surface area contributed by atoms with E-state index in [-0.39, 0.29) is 5.97 Å². The standard InChI is InChI=1S/C14H20O2/c1-4-13(15)16-8-7-10-5-6-11-9-12(10)14(11,2)3/h4-5,11-12H,1,6-9H2,2-3H3/t11-,12-/m1/s1. The van der Waals surface area contributed by atoms with Crippen molar-refractivity contribution < 1.29 is 9.53 Å². The smallest absolute Gasteiger partial charge is 0.330 e. The number of esters is 1. The highest BCUT2D eigenvalue weighted by Crippen LogP contribution is 2.59. The first-order valence-corrected chi connectivity index (χ1v) is 6.04. The van der Waals surface area contributed by atoms with Crippen LogP contribution in [0.25, 0.3) is 0 Å². The Morgan fingerprint density at radius 2 is 2.44 bits per heavy atom. The van der Waals surface area contributed by atoms with E-state index in [1.54, 1.807) is 0 Å². The summed E-state index contributed by atoms with van der Waals surface area (Å²) in [5, 5.41) is 0. The van der Waals surface area contributed by atoms with Crippen molar-refractivity contribution in [2.24, 2.45) is 17.3 Å². The number of ether oxygens (including phenoxy) is 1. The van der Waals surface area contributed by atoms with Gasteiger partial charge in [0.1, 0.15) is 0 Å². The number of hydrogen-bond donors (Lipinski definition) is 0. The minimum absolute atomic E-state index is 0.317. The van der Waals surface area contributed by atoms with Gasteiger partial charge in [-0.05, 0) is 30.1 Å². The van der Waals surface area contributed by atoms with Crippen LogP contribution in [0.1, 0.15) is 33.1 Å². The fraction of sp³-hybridized carbons (Fsp3) is 0.643. The SMILES string of the molecule is C=CC(=O)OCCC1=CC[C@@H]2C[C@H]1C2(C)C. The van der Waals surface area contributed by atoms with Gasteiger partial charge < -0.3 is 4.74 Å². The van der Waals surface area contributed by atoms with E-state index in [0.29, 0.717) is 17.9 Å². The van der Waals surface area contributed by atoms with Crippen LogP contribution in [-0.2, 0) is 9.53 Å². The normalized spacial score (nSPS) is 30.0. The van der Waals surface area contributed by atoms with Crippen LogP contribution in [0.5, 0.6) is 0 Å². The van der Waals surface area contributed by atoms with Gasteiger partial charge in [0, 0.05) is 12.5 Å². The second-order valence-corrected chi connectivity index (χ2v) is 5.44. The van der Waals surface area contributed by atoms with Crippen LogP contribution < -0.4 is 0 Å². The molecule has 0 N–H and O–H groups in total. The Hall–Kier alpha value is -1.05. The molecule has 0 aliphatic heterocycles. The lowest BCUT2D eigenvalue weighted by atomic mass is 9.48. The number of fused-ring (bicyclic) bond motifs is 1. The van der Waals surface area contributed by atoms with E-state index in [1.165, 1.54) is 24.5 Å². The zero-order valence-corrected chi connectivity index (χ0v) is 10.2. The molecule has 3 aliphatic rings. The van der Waals surface area contributed by atoms with Crippen molar-refractivity contribution >= 4 is 5.97 Å². The van der Waals surface area contributed by atoms with Gasteiger partial charge in [0.2, 0.25) is 0 Å². The van der Waals surface area contributed by atoms with Gasteiger partial charge in [-0.1, -0.05) is 32.1 Å². The van der Waals surface area contributed by atoms with E-state index in [2.05, 4.69) is 26.5 Å². The fourth-order valence-corrected chi connectivity index (χ4v) is 3.09. The molecule has 0 saturated heterocycles. The van der Waals surface area contributed by atoms with E-state index >= 15 is 0 Å². The van der Waals surface area contributed by atoms with E-state index in [1.807, 2.05) is 0 Å². The quantitative estimate of drug-likeness (QED) is 0.413. The molecule has 2 bridgehead atoms. The minimum Gasteiger partial charge on any atom is -0.462 e. The van der Waals surface area contributed by atoms with Crippen LogP contribution >= 0.6 is 0 Å². The lowest BCUT2D eigenvalue weighted by molar-refractivity contribution is -0.137. The second-order valence-electron chi connectivity index (χ2n) is 5.44. The molecule has 0 heterocycles. The molecular weight excluding hydrogens is 200 g/mol. The Morgan fingerprint density at radius 1 is 1.69 bits per heavy atom. The Kier molecular flexibility index (Phi) is 2.92. The molecule has 16 heavy (non-hydrogen) atoms. The largest absolute Gasteiger partial charge is 0.462 e. The summed E-state index contributed by atoms with van der Waals surface area (Å²) in [4.78, 5) is 10.9. The maximum atomic E-state index is 10.9. The molecule has 88 valence electrons. The van der Waals surface area contributed by atoms with Crippen LogP contribution in [0.2, 0.25) is 0 Å². The average molecular weight is 220 g/mol. The summed E-state index contributed by atoms with van der Waals surface area (Å²) in [7, 11) is 0. The molecule has 0 aromatic carbocycles. The fourth-order valence-electron chi connectivity index (χ4n) is 3.09. The van der Waals surface area contributed by atoms with Crippen molar-refractivity contribution in [1.82, 2.24) is 0 Å². The van der Waals surface area contributed by atoms with Crippen molar-refractivity contribution in [3.05, 3.63) is 24.3 Å². The van der Waals surface area contributed by atoms with Crippen LogP contribution in [0.3, 0.4) is 0 Å². The minimum atomic E-state index is -0.317. The highest BCUT2D eigenvalue weighted by molar-refractivity contribution is 5.81. The Balaban J connectivity index is 1.85. The Bertz CT molecular complexity index is 339. The summed E-state index contributed by atoms with van der Waals surface area (Å²) in [5.41, 5.74) is 1.95. The molecule has 0 aromatic rings. The summed E-state index contributed by atoms with van der Waals surface area (Å²) >= 11 is 0. The second kappa shape index (κ2) is 4.08. The van der Waals surface area contributed by atoms with E-state index < -0.39 is 0 Å². The molecule has 1 fully saturated rings. The highest BCUT2D eigenvalue weighted by Gasteiger charge is 2.50. The summed E-state index contributed by atoms with van der Waals surface area (Å²) < 4.78 is 5.03. The molecule has 0 spiro atoms. The zero-order chi connectivity index (χ0) is 11.8. The topological polar surface area (TPSA) is 26.3 Å². The predicted molar refractivity (Wildman–Crippen MR) is 63.9 cm³/mol. The van der Waals surface area contributed by atoms with Gasteiger partial charge in [-0.25, -0.2) is 4.79 Å². The number of rotatable bonds is 4. The Morgan fingerprint density at radius 3 is 3.00 bits per heavy atom. The summed E-state index contributed by atoms with van der Waals surface area (Å²) in [6, 6.07) is 0. The van der Waals surface area contributed by atoms with Crippen LogP contribution in [-0.4, -0.2) is 12.6 Å². The number of hydrogen-bond acceptors (Lipinski definition) is 2. The van der Waals surface area contributed by atoms with E-state index in [9.17, 15) is 4.79 Å². The van der Waals surface area contributed by atoms with Gasteiger partial charge in [0.15, 0.2) is 0 Å². The molecule has 0 amide bonds. The van der Waals surface area contributed by atoms with Crippen molar-refractivity contribution in [3.63, 3.8) is 0 Å². The average Bonchev–Trinajstić information content (AvgIpc) is 2.28. The molecular formula is C14H20O2. The maximum absolute atomic E-state index is 10.9. The molecule has 2 heteroatoms. The number of allylic oxidation sites excluding steroid dienone is 1.